The van der Waals surface area contributed by atoms with Crippen molar-refractivity contribution in [3.05, 3.63) is 0 Å². The van der Waals surface area contributed by atoms with E-state index in [1.54, 1.807) is 6.55 Å². The lowest BCUT2D eigenvalue weighted by Gasteiger charge is -2.04. The number of hydrogen-bond acceptors (Lipinski definition) is 2. The highest BCUT2D eigenvalue weighted by Crippen LogP contribution is 1.98. The van der Waals surface area contributed by atoms with E-state index in [2.05, 4.69) is 6.07 Å². The molecule has 0 N–H and O–H groups in total. The Hall–Kier alpha value is -0.373. The third-order valence-electron chi connectivity index (χ3n) is 1.49. The maximum absolute atomic E-state index is 10.7. The Morgan fingerprint density at radius 1 is 1.67 bits per heavy atom. The molecule has 4 heteroatoms. The monoisotopic (exact) mass is 186 g/mol. The van der Waals surface area contributed by atoms with Crippen LogP contribution in [0.1, 0.15) is 13.3 Å². The maximum atomic E-state index is 10.7. The zero-order valence-electron chi connectivity index (χ0n) is 7.75. The van der Waals surface area contributed by atoms with Crippen molar-refractivity contribution in [1.82, 2.24) is 0 Å². The molecule has 69 valence electrons. The van der Waals surface area contributed by atoms with Gasteiger partial charge in [-0.2, -0.15) is 5.26 Å². The van der Waals surface area contributed by atoms with E-state index in [4.69, 9.17) is 10.00 Å². The van der Waals surface area contributed by atoms with Gasteiger partial charge in [0.15, 0.2) is 0 Å². The van der Waals surface area contributed by atoms with E-state index in [1.807, 2.05) is 6.92 Å². The van der Waals surface area contributed by atoms with Gasteiger partial charge in [0.2, 0.25) is 9.04 Å². The van der Waals surface area contributed by atoms with Crippen LogP contribution >= 0.6 is 0 Å². The van der Waals surface area contributed by atoms with Crippen LogP contribution < -0.4 is 0 Å². The number of ether oxygens (including phenoxy) is 1. The van der Waals surface area contributed by atoms with Gasteiger partial charge < -0.3 is 9.53 Å². The zero-order valence-corrected chi connectivity index (χ0v) is 8.90. The first-order chi connectivity index (χ1) is 5.66. The van der Waals surface area contributed by atoms with E-state index in [0.717, 1.165) is 12.5 Å². The van der Waals surface area contributed by atoms with Crippen LogP contribution in [-0.4, -0.2) is 22.3 Å². The second-order valence-corrected chi connectivity index (χ2v) is 5.26. The van der Waals surface area contributed by atoms with Gasteiger partial charge in [-0.3, -0.25) is 0 Å². The summed E-state index contributed by atoms with van der Waals surface area (Å²) in [6.07, 6.45) is 0.856. The van der Waals surface area contributed by atoms with Crippen LogP contribution in [0.4, 0.5) is 0 Å². The third-order valence-corrected chi connectivity index (χ3v) is 2.71. The summed E-state index contributed by atoms with van der Waals surface area (Å²) in [4.78, 5) is 10.7. The van der Waals surface area contributed by atoms with Crippen LogP contribution in [0.5, 0.6) is 0 Å². The van der Waals surface area contributed by atoms with Crippen molar-refractivity contribution in [2.45, 2.75) is 25.9 Å². The first-order valence-electron chi connectivity index (χ1n) is 4.30. The highest BCUT2D eigenvalue weighted by molar-refractivity contribution is 6.48. The van der Waals surface area contributed by atoms with Gasteiger partial charge in [0.05, 0.1) is 18.6 Å². The number of hydrogen-bond donors (Lipinski definition) is 0. The van der Waals surface area contributed by atoms with Crippen LogP contribution in [-0.2, 0) is 9.53 Å². The van der Waals surface area contributed by atoms with E-state index in [0.29, 0.717) is 13.2 Å². The summed E-state index contributed by atoms with van der Waals surface area (Å²) >= 11 is 0. The largest absolute Gasteiger partial charge is 0.380 e. The molecule has 0 spiro atoms. The molecule has 0 aliphatic heterocycles. The molecule has 2 atom stereocenters. The van der Waals surface area contributed by atoms with E-state index in [1.165, 1.54) is 0 Å². The van der Waals surface area contributed by atoms with Gasteiger partial charge in [-0.15, -0.1) is 0 Å². The predicted molar refractivity (Wildman–Crippen MR) is 48.7 cm³/mol. The van der Waals surface area contributed by atoms with E-state index >= 15 is 0 Å². The topological polar surface area (TPSA) is 52.9 Å². The molecule has 0 bridgehead atoms. The summed E-state index contributed by atoms with van der Waals surface area (Å²) in [6.45, 7) is 4.74. The fourth-order valence-corrected chi connectivity index (χ4v) is 1.51. The van der Waals surface area contributed by atoms with E-state index < -0.39 is 9.04 Å². The molecule has 1 radical (unpaired) electrons. The summed E-state index contributed by atoms with van der Waals surface area (Å²) in [5.41, 5.74) is 0. The fraction of sp³-hybridized carbons (Fsp3) is 0.875. The molecule has 0 aromatic rings. The normalized spacial score (nSPS) is 15.2. The molecule has 0 amide bonds. The molecule has 0 aromatic heterocycles. The minimum Gasteiger partial charge on any atom is -0.380 e. The standard InChI is InChI=1S/C8H16NO2Si/c1-8(6-9)7-11-4-3-5-12(2)10/h8,12H,3-5,7H2,1-2H3. The fourth-order valence-electron chi connectivity index (χ4n) is 0.770. The van der Waals surface area contributed by atoms with Crippen molar-refractivity contribution in [2.75, 3.05) is 13.2 Å². The minimum absolute atomic E-state index is 0.0353. The van der Waals surface area contributed by atoms with Crippen LogP contribution in [0.2, 0.25) is 12.6 Å². The molecule has 0 saturated heterocycles. The molecule has 0 fully saturated rings. The molecule has 0 aliphatic carbocycles. The average molecular weight is 186 g/mol. The molecule has 0 saturated carbocycles. The Labute approximate surface area is 75.7 Å². The lowest BCUT2D eigenvalue weighted by molar-refractivity contribution is 0.118. The summed E-state index contributed by atoms with van der Waals surface area (Å²) in [5, 5.41) is 8.41. The predicted octanol–water partition coefficient (Wildman–Crippen LogP) is 1.34. The molecule has 0 aromatic carbocycles. The number of nitriles is 1. The van der Waals surface area contributed by atoms with Gasteiger partial charge in [0.25, 0.3) is 0 Å². The highest BCUT2D eigenvalue weighted by atomic mass is 28.3. The summed E-state index contributed by atoms with van der Waals surface area (Å²) in [5.74, 6) is -0.0353. The molecular weight excluding hydrogens is 170 g/mol. The second kappa shape index (κ2) is 7.29. The van der Waals surface area contributed by atoms with Gasteiger partial charge in [-0.25, -0.2) is 0 Å². The summed E-state index contributed by atoms with van der Waals surface area (Å²) < 4.78 is 5.20. The van der Waals surface area contributed by atoms with Crippen molar-refractivity contribution < 1.29 is 9.53 Å². The number of rotatable bonds is 6. The van der Waals surface area contributed by atoms with Crippen LogP contribution in [0.3, 0.4) is 0 Å². The summed E-state index contributed by atoms with van der Waals surface area (Å²) in [7, 11) is -1.64. The lowest BCUT2D eigenvalue weighted by Crippen LogP contribution is -2.08. The van der Waals surface area contributed by atoms with Crippen LogP contribution in [0, 0.1) is 17.2 Å². The van der Waals surface area contributed by atoms with E-state index in [-0.39, 0.29) is 5.92 Å². The molecular formula is C8H16NO2Si. The molecule has 0 aliphatic rings. The van der Waals surface area contributed by atoms with Crippen molar-refractivity contribution in [3.8, 4) is 6.07 Å². The second-order valence-electron chi connectivity index (χ2n) is 3.06. The van der Waals surface area contributed by atoms with Gasteiger partial charge in [-0.05, 0) is 25.9 Å². The Kier molecular flexibility index (Phi) is 7.06. The van der Waals surface area contributed by atoms with Crippen molar-refractivity contribution in [2.24, 2.45) is 5.92 Å². The first kappa shape index (κ1) is 11.6. The highest BCUT2D eigenvalue weighted by Gasteiger charge is 2.01. The van der Waals surface area contributed by atoms with Crippen LogP contribution in [0.15, 0.2) is 0 Å². The molecule has 2 unspecified atom stereocenters. The van der Waals surface area contributed by atoms with Gasteiger partial charge in [0.1, 0.15) is 0 Å². The molecule has 12 heavy (non-hydrogen) atoms. The Bertz CT molecular complexity index is 144. The maximum Gasteiger partial charge on any atom is 0.219 e. The third kappa shape index (κ3) is 7.73. The average Bonchev–Trinajstić information content (AvgIpc) is 2.03. The quantitative estimate of drug-likeness (QED) is 0.464. The van der Waals surface area contributed by atoms with Crippen molar-refractivity contribution in [3.63, 3.8) is 0 Å². The molecule has 3 nitrogen and oxygen atoms in total. The van der Waals surface area contributed by atoms with Gasteiger partial charge in [0, 0.05) is 6.61 Å². The molecule has 0 heterocycles. The Morgan fingerprint density at radius 3 is 2.83 bits per heavy atom. The van der Waals surface area contributed by atoms with Gasteiger partial charge >= 0.3 is 0 Å². The first-order valence-corrected chi connectivity index (χ1v) is 6.74. The summed E-state index contributed by atoms with van der Waals surface area (Å²) in [6, 6.07) is 2.88. The zero-order chi connectivity index (χ0) is 9.40. The lowest BCUT2D eigenvalue weighted by atomic mass is 10.2. The van der Waals surface area contributed by atoms with Gasteiger partial charge in [-0.1, -0.05) is 0 Å². The van der Waals surface area contributed by atoms with Crippen LogP contribution in [0.25, 0.3) is 0 Å². The smallest absolute Gasteiger partial charge is 0.219 e. The van der Waals surface area contributed by atoms with Crippen molar-refractivity contribution in [1.29, 1.82) is 5.26 Å². The minimum atomic E-state index is -1.64. The van der Waals surface area contributed by atoms with E-state index in [9.17, 15) is 4.80 Å². The van der Waals surface area contributed by atoms with Crippen molar-refractivity contribution >= 4 is 9.04 Å². The SMILES string of the molecule is CC(C#N)COCCC[SiH](C)[O]. The molecule has 0 rings (SSSR count). The Morgan fingerprint density at radius 2 is 2.33 bits per heavy atom. The Balaban J connectivity index is 3.07. The number of nitrogens with zero attached hydrogens (tertiary/aromatic N) is 1.